The molecule has 2 aromatic rings. The lowest BCUT2D eigenvalue weighted by Gasteiger charge is -2.11. The Labute approximate surface area is 143 Å². The highest BCUT2D eigenvalue weighted by Gasteiger charge is 2.14. The van der Waals surface area contributed by atoms with E-state index in [0.717, 1.165) is 0 Å². The van der Waals surface area contributed by atoms with Gasteiger partial charge in [0.25, 0.3) is 5.91 Å². The van der Waals surface area contributed by atoms with Gasteiger partial charge in [-0.15, -0.1) is 0 Å². The van der Waals surface area contributed by atoms with Gasteiger partial charge >= 0.3 is 0 Å². The van der Waals surface area contributed by atoms with Gasteiger partial charge in [-0.05, 0) is 69.7 Å². The molecule has 1 amide bonds. The van der Waals surface area contributed by atoms with Crippen molar-refractivity contribution in [3.05, 3.63) is 49.9 Å². The van der Waals surface area contributed by atoms with Gasteiger partial charge in [-0.2, -0.15) is 0 Å². The van der Waals surface area contributed by atoms with Crippen LogP contribution in [0, 0.1) is 9.39 Å². The van der Waals surface area contributed by atoms with E-state index in [1.54, 1.807) is 12.3 Å². The fourth-order valence-corrected chi connectivity index (χ4v) is 2.64. The number of benzene rings is 1. The largest absolute Gasteiger partial charge is 0.370 e. The van der Waals surface area contributed by atoms with E-state index in [0.29, 0.717) is 31.7 Å². The topological polar surface area (TPSA) is 54.0 Å². The van der Waals surface area contributed by atoms with Crippen molar-refractivity contribution in [2.75, 3.05) is 17.2 Å². The number of anilines is 2. The molecular formula is C14H12BrFIN3O. The van der Waals surface area contributed by atoms with E-state index in [9.17, 15) is 9.18 Å². The smallest absolute Gasteiger partial charge is 0.259 e. The fourth-order valence-electron chi connectivity index (χ4n) is 1.70. The van der Waals surface area contributed by atoms with Gasteiger partial charge in [-0.25, -0.2) is 9.37 Å². The summed E-state index contributed by atoms with van der Waals surface area (Å²) in [6.45, 7) is 2.58. The first-order chi connectivity index (χ1) is 10.0. The molecule has 1 aromatic heterocycles. The summed E-state index contributed by atoms with van der Waals surface area (Å²) >= 11 is 5.28. The van der Waals surface area contributed by atoms with Crippen molar-refractivity contribution in [3.63, 3.8) is 0 Å². The highest BCUT2D eigenvalue weighted by molar-refractivity contribution is 14.1. The van der Waals surface area contributed by atoms with Gasteiger partial charge < -0.3 is 10.6 Å². The number of aromatic nitrogens is 1. The molecule has 0 fully saturated rings. The van der Waals surface area contributed by atoms with Crippen molar-refractivity contribution in [1.82, 2.24) is 4.98 Å². The van der Waals surface area contributed by atoms with Gasteiger partial charge in [0.2, 0.25) is 0 Å². The molecule has 0 saturated heterocycles. The molecule has 0 bridgehead atoms. The molecule has 0 unspecified atom stereocenters. The average molecular weight is 464 g/mol. The SMILES string of the molecule is CCNc1ncc(Br)cc1C(=O)Nc1ccc(F)cc1I. The van der Waals surface area contributed by atoms with Gasteiger partial charge in [0, 0.05) is 20.8 Å². The molecule has 0 spiro atoms. The van der Waals surface area contributed by atoms with Crippen LogP contribution in [0.1, 0.15) is 17.3 Å². The molecule has 1 aromatic carbocycles. The Hall–Kier alpha value is -1.22. The Morgan fingerprint density at radius 2 is 2.19 bits per heavy atom. The lowest BCUT2D eigenvalue weighted by Crippen LogP contribution is -2.16. The minimum atomic E-state index is -0.338. The number of carbonyl (C=O) groups excluding carboxylic acids is 1. The van der Waals surface area contributed by atoms with Crippen LogP contribution in [0.5, 0.6) is 0 Å². The van der Waals surface area contributed by atoms with E-state index >= 15 is 0 Å². The second-order valence-electron chi connectivity index (χ2n) is 4.16. The van der Waals surface area contributed by atoms with Crippen LogP contribution in [0.3, 0.4) is 0 Å². The molecule has 2 N–H and O–H groups in total. The summed E-state index contributed by atoms with van der Waals surface area (Å²) in [5, 5.41) is 5.80. The van der Waals surface area contributed by atoms with Crippen molar-refractivity contribution < 1.29 is 9.18 Å². The molecule has 4 nitrogen and oxygen atoms in total. The summed E-state index contributed by atoms with van der Waals surface area (Å²) in [7, 11) is 0. The molecule has 0 radical (unpaired) electrons. The van der Waals surface area contributed by atoms with Crippen molar-refractivity contribution >= 4 is 55.9 Å². The number of hydrogen-bond acceptors (Lipinski definition) is 3. The zero-order valence-electron chi connectivity index (χ0n) is 11.1. The first kappa shape index (κ1) is 16.2. The normalized spacial score (nSPS) is 10.3. The second kappa shape index (κ2) is 7.17. The van der Waals surface area contributed by atoms with E-state index in [1.807, 2.05) is 29.5 Å². The summed E-state index contributed by atoms with van der Waals surface area (Å²) in [6.07, 6.45) is 1.62. The molecule has 0 aliphatic rings. The number of amides is 1. The molecule has 0 atom stereocenters. The van der Waals surface area contributed by atoms with E-state index in [4.69, 9.17) is 0 Å². The molecule has 7 heteroatoms. The van der Waals surface area contributed by atoms with Crippen molar-refractivity contribution in [2.45, 2.75) is 6.92 Å². The Morgan fingerprint density at radius 3 is 2.86 bits per heavy atom. The third kappa shape index (κ3) is 4.13. The summed E-state index contributed by atoms with van der Waals surface area (Å²) in [5.41, 5.74) is 0.982. The molecule has 110 valence electrons. The molecule has 21 heavy (non-hydrogen) atoms. The molecule has 0 saturated carbocycles. The number of rotatable bonds is 4. The monoisotopic (exact) mass is 463 g/mol. The van der Waals surface area contributed by atoms with Crippen LogP contribution in [0.15, 0.2) is 34.9 Å². The van der Waals surface area contributed by atoms with Crippen LogP contribution in [-0.2, 0) is 0 Å². The van der Waals surface area contributed by atoms with Crippen LogP contribution in [-0.4, -0.2) is 17.4 Å². The van der Waals surface area contributed by atoms with Gasteiger partial charge in [0.1, 0.15) is 11.6 Å². The lowest BCUT2D eigenvalue weighted by atomic mass is 10.2. The predicted octanol–water partition coefficient (Wildman–Crippen LogP) is 4.27. The Morgan fingerprint density at radius 1 is 1.43 bits per heavy atom. The highest BCUT2D eigenvalue weighted by atomic mass is 127. The van der Waals surface area contributed by atoms with Crippen LogP contribution < -0.4 is 10.6 Å². The van der Waals surface area contributed by atoms with Crippen molar-refractivity contribution in [2.24, 2.45) is 0 Å². The maximum atomic E-state index is 13.1. The standard InChI is InChI=1S/C14H12BrFIN3O/c1-2-18-13-10(5-8(15)7-19-13)14(21)20-12-4-3-9(16)6-11(12)17/h3-7H,2H2,1H3,(H,18,19)(H,20,21). The summed E-state index contributed by atoms with van der Waals surface area (Å²) in [4.78, 5) is 16.6. The summed E-state index contributed by atoms with van der Waals surface area (Å²) in [5.74, 6) is -0.130. The number of pyridine rings is 1. The molecule has 1 heterocycles. The fraction of sp³-hybridized carbons (Fsp3) is 0.143. The van der Waals surface area contributed by atoms with Crippen molar-refractivity contribution in [3.8, 4) is 0 Å². The highest BCUT2D eigenvalue weighted by Crippen LogP contribution is 2.23. The number of nitrogens with zero attached hydrogens (tertiary/aromatic N) is 1. The molecule has 0 aliphatic carbocycles. The maximum Gasteiger partial charge on any atom is 0.259 e. The van der Waals surface area contributed by atoms with Gasteiger partial charge in [-0.3, -0.25) is 4.79 Å². The second-order valence-corrected chi connectivity index (χ2v) is 6.24. The molecule has 0 aliphatic heterocycles. The number of carbonyl (C=O) groups is 1. The quantitative estimate of drug-likeness (QED) is 0.665. The molecule has 2 rings (SSSR count). The number of nitrogens with one attached hydrogen (secondary N) is 2. The van der Waals surface area contributed by atoms with E-state index in [-0.39, 0.29) is 11.7 Å². The van der Waals surface area contributed by atoms with E-state index in [1.165, 1.54) is 18.2 Å². The molecular weight excluding hydrogens is 452 g/mol. The van der Waals surface area contributed by atoms with Crippen LogP contribution in [0.25, 0.3) is 0 Å². The Bertz CT molecular complexity index is 681. The first-order valence-electron chi connectivity index (χ1n) is 6.17. The zero-order valence-corrected chi connectivity index (χ0v) is 14.8. The van der Waals surface area contributed by atoms with E-state index in [2.05, 4.69) is 31.5 Å². The minimum absolute atomic E-state index is 0.302. The number of halogens is 3. The maximum absolute atomic E-state index is 13.1. The minimum Gasteiger partial charge on any atom is -0.370 e. The van der Waals surface area contributed by atoms with Gasteiger partial charge in [-0.1, -0.05) is 0 Å². The summed E-state index contributed by atoms with van der Waals surface area (Å²) in [6, 6.07) is 5.90. The van der Waals surface area contributed by atoms with Crippen LogP contribution >= 0.6 is 38.5 Å². The van der Waals surface area contributed by atoms with Gasteiger partial charge in [0.05, 0.1) is 11.3 Å². The van der Waals surface area contributed by atoms with Crippen LogP contribution in [0.2, 0.25) is 0 Å². The third-order valence-corrected chi connectivity index (χ3v) is 3.95. The predicted molar refractivity (Wildman–Crippen MR) is 93.2 cm³/mol. The Balaban J connectivity index is 2.29. The summed E-state index contributed by atoms with van der Waals surface area (Å²) < 4.78 is 14.4. The Kier molecular flexibility index (Phi) is 5.51. The van der Waals surface area contributed by atoms with Gasteiger partial charge in [0.15, 0.2) is 0 Å². The number of hydrogen-bond donors (Lipinski definition) is 2. The van der Waals surface area contributed by atoms with E-state index < -0.39 is 0 Å². The zero-order chi connectivity index (χ0) is 15.4. The third-order valence-electron chi connectivity index (χ3n) is 2.62. The first-order valence-corrected chi connectivity index (χ1v) is 8.04. The van der Waals surface area contributed by atoms with Crippen LogP contribution in [0.4, 0.5) is 15.9 Å². The average Bonchev–Trinajstić information content (AvgIpc) is 2.44. The lowest BCUT2D eigenvalue weighted by molar-refractivity contribution is 0.102. The van der Waals surface area contributed by atoms with Crippen molar-refractivity contribution in [1.29, 1.82) is 0 Å².